The average Bonchev–Trinajstić information content (AvgIpc) is 3.21. The molecule has 124 valence electrons. The Morgan fingerprint density at radius 1 is 1.04 bits per heavy atom. The van der Waals surface area contributed by atoms with Gasteiger partial charge in [-0.25, -0.2) is 0 Å². The van der Waals surface area contributed by atoms with Crippen molar-refractivity contribution in [2.24, 2.45) is 0 Å². The van der Waals surface area contributed by atoms with Gasteiger partial charge < -0.3 is 9.73 Å². The minimum Gasteiger partial charge on any atom is -0.444 e. The van der Waals surface area contributed by atoms with Gasteiger partial charge in [-0.2, -0.15) is 4.80 Å². The molecule has 6 nitrogen and oxygen atoms in total. The number of rotatable bonds is 3. The van der Waals surface area contributed by atoms with Gasteiger partial charge in [0.25, 0.3) is 5.91 Å². The van der Waals surface area contributed by atoms with E-state index >= 15 is 0 Å². The van der Waals surface area contributed by atoms with Crippen LogP contribution in [0.25, 0.3) is 16.7 Å². The number of aryl methyl sites for hydroxylation is 1. The zero-order valence-corrected chi connectivity index (χ0v) is 14.8. The Bertz CT molecular complexity index is 1070. The lowest BCUT2D eigenvalue weighted by Crippen LogP contribution is -2.10. The fraction of sp³-hybridized carbons (Fsp3) is 0.0556. The number of halogens is 1. The topological polar surface area (TPSA) is 73.0 Å². The lowest BCUT2D eigenvalue weighted by Gasteiger charge is -2.02. The second-order valence-electron chi connectivity index (χ2n) is 5.59. The van der Waals surface area contributed by atoms with Crippen LogP contribution in [0, 0.1) is 6.92 Å². The molecule has 2 heterocycles. The number of aromatic nitrogens is 3. The lowest BCUT2D eigenvalue weighted by atomic mass is 10.2. The fourth-order valence-electron chi connectivity index (χ4n) is 2.41. The van der Waals surface area contributed by atoms with E-state index < -0.39 is 0 Å². The maximum Gasteiger partial charge on any atom is 0.291 e. The van der Waals surface area contributed by atoms with Crippen LogP contribution in [0.2, 0.25) is 0 Å². The normalized spacial score (nSPS) is 11.0. The third-order valence-corrected chi connectivity index (χ3v) is 4.13. The Morgan fingerprint density at radius 2 is 1.80 bits per heavy atom. The summed E-state index contributed by atoms with van der Waals surface area (Å²) in [5.41, 5.74) is 4.13. The van der Waals surface area contributed by atoms with Crippen LogP contribution in [0.1, 0.15) is 16.1 Å². The minimum atomic E-state index is -0.323. The second-order valence-corrected chi connectivity index (χ2v) is 6.37. The summed E-state index contributed by atoms with van der Waals surface area (Å²) in [6.45, 7) is 2.03. The highest BCUT2D eigenvalue weighted by atomic mass is 79.9. The van der Waals surface area contributed by atoms with Gasteiger partial charge in [-0.05, 0) is 65.3 Å². The van der Waals surface area contributed by atoms with E-state index in [1.807, 2.05) is 37.3 Å². The van der Waals surface area contributed by atoms with E-state index in [1.54, 1.807) is 29.1 Å². The van der Waals surface area contributed by atoms with Crippen LogP contribution in [0.15, 0.2) is 63.7 Å². The number of nitrogens with zero attached hydrogens (tertiary/aromatic N) is 3. The molecule has 0 aliphatic carbocycles. The van der Waals surface area contributed by atoms with E-state index in [0.29, 0.717) is 15.9 Å². The van der Waals surface area contributed by atoms with Gasteiger partial charge in [0.15, 0.2) is 10.4 Å². The van der Waals surface area contributed by atoms with Crippen molar-refractivity contribution in [2.45, 2.75) is 6.92 Å². The molecule has 0 unspecified atom stereocenters. The van der Waals surface area contributed by atoms with E-state index in [-0.39, 0.29) is 11.7 Å². The largest absolute Gasteiger partial charge is 0.444 e. The Kier molecular flexibility index (Phi) is 3.85. The molecule has 0 aliphatic heterocycles. The lowest BCUT2D eigenvalue weighted by molar-refractivity contribution is 0.0995. The molecule has 0 saturated carbocycles. The third-order valence-electron chi connectivity index (χ3n) is 3.70. The van der Waals surface area contributed by atoms with E-state index in [9.17, 15) is 4.79 Å². The zero-order valence-electron chi connectivity index (χ0n) is 13.2. The van der Waals surface area contributed by atoms with Crippen molar-refractivity contribution in [1.82, 2.24) is 15.0 Å². The number of fused-ring (bicyclic) bond motifs is 1. The molecule has 7 heteroatoms. The summed E-state index contributed by atoms with van der Waals surface area (Å²) in [6.07, 6.45) is 0. The quantitative estimate of drug-likeness (QED) is 0.558. The number of nitrogens with one attached hydrogen (secondary N) is 1. The van der Waals surface area contributed by atoms with Crippen LogP contribution < -0.4 is 5.32 Å². The maximum atomic E-state index is 12.2. The summed E-state index contributed by atoms with van der Waals surface area (Å²) in [6, 6.07) is 16.6. The Labute approximate surface area is 151 Å². The molecular formula is C18H13BrN4O2. The van der Waals surface area contributed by atoms with Gasteiger partial charge in [0.1, 0.15) is 11.0 Å². The van der Waals surface area contributed by atoms with Crippen molar-refractivity contribution in [3.63, 3.8) is 0 Å². The number of carbonyl (C=O) groups is 1. The van der Waals surface area contributed by atoms with Crippen molar-refractivity contribution in [3.05, 3.63) is 70.6 Å². The molecule has 4 aromatic rings. The Morgan fingerprint density at radius 3 is 2.52 bits per heavy atom. The summed E-state index contributed by atoms with van der Waals surface area (Å²) in [7, 11) is 0. The molecule has 0 fully saturated rings. The maximum absolute atomic E-state index is 12.2. The van der Waals surface area contributed by atoms with Crippen LogP contribution in [0.3, 0.4) is 0 Å². The van der Waals surface area contributed by atoms with Crippen LogP contribution in [-0.2, 0) is 0 Å². The summed E-state index contributed by atoms with van der Waals surface area (Å²) < 4.78 is 5.76. The molecule has 25 heavy (non-hydrogen) atoms. The van der Waals surface area contributed by atoms with Crippen molar-refractivity contribution in [1.29, 1.82) is 0 Å². The number of furan rings is 1. The molecule has 1 amide bonds. The summed E-state index contributed by atoms with van der Waals surface area (Å²) in [4.78, 5) is 13.7. The first kappa shape index (κ1) is 15.6. The van der Waals surface area contributed by atoms with E-state index in [2.05, 4.69) is 31.4 Å². The minimum absolute atomic E-state index is 0.232. The standard InChI is InChI=1S/C18H13BrN4O2/c1-11-2-5-13(6-3-11)23-21-14-7-4-12(10-15(14)22-23)20-18(24)16-8-9-17(19)25-16/h2-10H,1H3,(H,20,24). The van der Waals surface area contributed by atoms with Crippen molar-refractivity contribution in [3.8, 4) is 5.69 Å². The molecule has 0 spiro atoms. The van der Waals surface area contributed by atoms with Crippen LogP contribution in [0.5, 0.6) is 0 Å². The van der Waals surface area contributed by atoms with Gasteiger partial charge in [0, 0.05) is 5.69 Å². The Hall–Kier alpha value is -2.93. The van der Waals surface area contributed by atoms with Gasteiger partial charge in [-0.15, -0.1) is 10.2 Å². The molecule has 0 bridgehead atoms. The number of carbonyl (C=O) groups excluding carboxylic acids is 1. The van der Waals surface area contributed by atoms with Crippen molar-refractivity contribution >= 4 is 38.6 Å². The predicted molar refractivity (Wildman–Crippen MR) is 98.0 cm³/mol. The molecule has 2 aromatic carbocycles. The van der Waals surface area contributed by atoms with Gasteiger partial charge in [-0.1, -0.05) is 17.7 Å². The molecule has 0 aliphatic rings. The SMILES string of the molecule is Cc1ccc(-n2nc3ccc(NC(=O)c4ccc(Br)o4)cc3n2)cc1. The summed E-state index contributed by atoms with van der Waals surface area (Å²) in [5, 5.41) is 11.7. The monoisotopic (exact) mass is 396 g/mol. The number of amides is 1. The number of benzene rings is 2. The van der Waals surface area contributed by atoms with E-state index in [0.717, 1.165) is 11.2 Å². The second kappa shape index (κ2) is 6.18. The third kappa shape index (κ3) is 3.18. The van der Waals surface area contributed by atoms with Crippen LogP contribution in [-0.4, -0.2) is 20.9 Å². The highest BCUT2D eigenvalue weighted by molar-refractivity contribution is 9.10. The first-order valence-corrected chi connectivity index (χ1v) is 8.39. The highest BCUT2D eigenvalue weighted by Crippen LogP contribution is 2.20. The zero-order chi connectivity index (χ0) is 17.4. The molecular weight excluding hydrogens is 384 g/mol. The fourth-order valence-corrected chi connectivity index (χ4v) is 2.72. The molecule has 0 saturated heterocycles. The molecule has 4 rings (SSSR count). The first-order chi connectivity index (χ1) is 12.1. The van der Waals surface area contributed by atoms with Gasteiger partial charge in [0.2, 0.25) is 0 Å². The van der Waals surface area contributed by atoms with Crippen LogP contribution in [0.4, 0.5) is 5.69 Å². The van der Waals surface area contributed by atoms with Gasteiger partial charge in [-0.3, -0.25) is 4.79 Å². The van der Waals surface area contributed by atoms with Gasteiger partial charge in [0.05, 0.1) is 5.69 Å². The highest BCUT2D eigenvalue weighted by Gasteiger charge is 2.12. The molecule has 1 N–H and O–H groups in total. The number of hydrogen-bond acceptors (Lipinski definition) is 4. The predicted octanol–water partition coefficient (Wildman–Crippen LogP) is 4.34. The summed E-state index contributed by atoms with van der Waals surface area (Å²) >= 11 is 3.18. The van der Waals surface area contributed by atoms with Crippen LogP contribution >= 0.6 is 15.9 Å². The summed E-state index contributed by atoms with van der Waals surface area (Å²) in [5.74, 6) is -0.0914. The first-order valence-electron chi connectivity index (χ1n) is 7.59. The average molecular weight is 397 g/mol. The van der Waals surface area contributed by atoms with Crippen molar-refractivity contribution in [2.75, 3.05) is 5.32 Å². The Balaban J connectivity index is 1.61. The van der Waals surface area contributed by atoms with Gasteiger partial charge >= 0.3 is 0 Å². The molecule has 0 atom stereocenters. The molecule has 2 aromatic heterocycles. The molecule has 0 radical (unpaired) electrons. The van der Waals surface area contributed by atoms with E-state index in [1.165, 1.54) is 5.56 Å². The smallest absolute Gasteiger partial charge is 0.291 e. The van der Waals surface area contributed by atoms with Crippen molar-refractivity contribution < 1.29 is 9.21 Å². The number of anilines is 1. The van der Waals surface area contributed by atoms with E-state index in [4.69, 9.17) is 4.42 Å². The number of hydrogen-bond donors (Lipinski definition) is 1.